The fourth-order valence-electron chi connectivity index (χ4n) is 4.36. The lowest BCUT2D eigenvalue weighted by Gasteiger charge is -2.34. The first-order valence-electron chi connectivity index (χ1n) is 11.3. The number of rotatable bonds is 5. The van der Waals surface area contributed by atoms with E-state index in [0.717, 1.165) is 53.8 Å². The monoisotopic (exact) mass is 455 g/mol. The first-order chi connectivity index (χ1) is 16.7. The number of hydrogen-bond acceptors (Lipinski definition) is 7. The fraction of sp³-hybridized carbons (Fsp3) is 0.240. The Kier molecular flexibility index (Phi) is 5.03. The van der Waals surface area contributed by atoms with Crippen LogP contribution in [0.3, 0.4) is 0 Å². The molecule has 0 atom stereocenters. The second-order valence-electron chi connectivity index (χ2n) is 8.44. The van der Waals surface area contributed by atoms with E-state index in [4.69, 9.17) is 14.5 Å². The summed E-state index contributed by atoms with van der Waals surface area (Å²) in [5.41, 5.74) is 4.63. The van der Waals surface area contributed by atoms with Crippen molar-refractivity contribution in [3.8, 4) is 28.9 Å². The Balaban J connectivity index is 1.34. The smallest absolute Gasteiger partial charge is 0.262 e. The van der Waals surface area contributed by atoms with Gasteiger partial charge in [0.25, 0.3) is 5.88 Å². The van der Waals surface area contributed by atoms with E-state index in [1.165, 1.54) is 5.69 Å². The summed E-state index contributed by atoms with van der Waals surface area (Å²) in [6.45, 7) is 4.19. The molecule has 0 bridgehead atoms. The van der Waals surface area contributed by atoms with Crippen molar-refractivity contribution in [3.05, 3.63) is 54.7 Å². The van der Waals surface area contributed by atoms with Crippen LogP contribution in [0.1, 0.15) is 0 Å². The Labute approximate surface area is 196 Å². The quantitative estimate of drug-likeness (QED) is 0.413. The van der Waals surface area contributed by atoms with E-state index in [2.05, 4.69) is 55.2 Å². The summed E-state index contributed by atoms with van der Waals surface area (Å²) in [6.07, 6.45) is 1.67. The zero-order valence-electron chi connectivity index (χ0n) is 19.1. The normalized spacial score (nSPS) is 14.7. The highest BCUT2D eigenvalue weighted by Crippen LogP contribution is 2.35. The van der Waals surface area contributed by atoms with Gasteiger partial charge in [0.2, 0.25) is 0 Å². The summed E-state index contributed by atoms with van der Waals surface area (Å²) in [4.78, 5) is 17.3. The average Bonchev–Trinajstić information content (AvgIpc) is 3.49. The van der Waals surface area contributed by atoms with Gasteiger partial charge in [-0.25, -0.2) is 9.97 Å². The zero-order valence-corrected chi connectivity index (χ0v) is 19.1. The van der Waals surface area contributed by atoms with Crippen molar-refractivity contribution in [2.45, 2.75) is 0 Å². The molecule has 9 nitrogen and oxygen atoms in total. The fourth-order valence-corrected chi connectivity index (χ4v) is 4.36. The molecule has 1 aliphatic rings. The van der Waals surface area contributed by atoms with Crippen LogP contribution in [0.4, 0.5) is 5.69 Å². The van der Waals surface area contributed by atoms with E-state index in [-0.39, 0.29) is 0 Å². The minimum atomic E-state index is 0.397. The van der Waals surface area contributed by atoms with Gasteiger partial charge in [-0.05, 0) is 43.4 Å². The highest BCUT2D eigenvalue weighted by molar-refractivity contribution is 5.96. The highest BCUT2D eigenvalue weighted by Gasteiger charge is 2.18. The van der Waals surface area contributed by atoms with Gasteiger partial charge in [0.1, 0.15) is 11.2 Å². The molecule has 3 aromatic heterocycles. The molecule has 6 rings (SSSR count). The molecule has 0 unspecified atom stereocenters. The molecule has 2 N–H and O–H groups in total. The van der Waals surface area contributed by atoms with E-state index >= 15 is 0 Å². The summed E-state index contributed by atoms with van der Waals surface area (Å²) >= 11 is 0. The average molecular weight is 456 g/mol. The van der Waals surface area contributed by atoms with Gasteiger partial charge in [-0.1, -0.05) is 12.1 Å². The third-order valence-electron chi connectivity index (χ3n) is 6.28. The Bertz CT molecular complexity index is 1470. The number of para-hydroxylation sites is 1. The van der Waals surface area contributed by atoms with Crippen molar-refractivity contribution in [2.75, 3.05) is 45.2 Å². The number of fused-ring (bicyclic) bond motifs is 2. The molecule has 1 fully saturated rings. The molecule has 4 heterocycles. The van der Waals surface area contributed by atoms with Crippen LogP contribution in [0.25, 0.3) is 33.5 Å². The first-order valence-corrected chi connectivity index (χ1v) is 11.3. The lowest BCUT2D eigenvalue weighted by atomic mass is 10.2. The number of piperazine rings is 1. The van der Waals surface area contributed by atoms with E-state index in [1.54, 1.807) is 19.4 Å². The van der Waals surface area contributed by atoms with Crippen LogP contribution in [-0.2, 0) is 0 Å². The molecule has 0 saturated carbocycles. The molecule has 2 aromatic carbocycles. The van der Waals surface area contributed by atoms with Gasteiger partial charge in [-0.2, -0.15) is 5.10 Å². The molecule has 34 heavy (non-hydrogen) atoms. The lowest BCUT2D eigenvalue weighted by Crippen LogP contribution is -2.44. The van der Waals surface area contributed by atoms with Gasteiger partial charge in [-0.15, -0.1) is 0 Å². The number of hydrogen-bond donors (Lipinski definition) is 2. The van der Waals surface area contributed by atoms with Crippen LogP contribution in [0.5, 0.6) is 17.4 Å². The number of pyridine rings is 1. The number of methoxy groups -OCH3 is 1. The Morgan fingerprint density at radius 2 is 1.82 bits per heavy atom. The summed E-state index contributed by atoms with van der Waals surface area (Å²) in [7, 11) is 3.76. The molecule has 1 aliphatic heterocycles. The Morgan fingerprint density at radius 1 is 0.971 bits per heavy atom. The van der Waals surface area contributed by atoms with Crippen LogP contribution < -0.4 is 14.4 Å². The Morgan fingerprint density at radius 3 is 2.68 bits per heavy atom. The maximum Gasteiger partial charge on any atom is 0.262 e. The van der Waals surface area contributed by atoms with Crippen LogP contribution in [-0.4, -0.2) is 70.4 Å². The largest absolute Gasteiger partial charge is 0.491 e. The Hall–Kier alpha value is -4.11. The van der Waals surface area contributed by atoms with Crippen LogP contribution in [0, 0.1) is 0 Å². The second-order valence-corrected chi connectivity index (χ2v) is 8.44. The van der Waals surface area contributed by atoms with E-state index in [9.17, 15) is 0 Å². The minimum Gasteiger partial charge on any atom is -0.491 e. The number of ether oxygens (including phenoxy) is 2. The third-order valence-corrected chi connectivity index (χ3v) is 6.28. The third kappa shape index (κ3) is 3.60. The van der Waals surface area contributed by atoms with Gasteiger partial charge in [-0.3, -0.25) is 5.10 Å². The van der Waals surface area contributed by atoms with Gasteiger partial charge in [0.15, 0.2) is 17.3 Å². The van der Waals surface area contributed by atoms with Crippen molar-refractivity contribution < 1.29 is 9.47 Å². The molecule has 0 spiro atoms. The molecule has 5 aromatic rings. The minimum absolute atomic E-state index is 0.397. The molecule has 0 aliphatic carbocycles. The predicted molar refractivity (Wildman–Crippen MR) is 132 cm³/mol. The topological polar surface area (TPSA) is 95.2 Å². The molecule has 0 amide bonds. The first kappa shape index (κ1) is 20.5. The zero-order chi connectivity index (χ0) is 23.1. The van der Waals surface area contributed by atoms with E-state index in [0.29, 0.717) is 23.2 Å². The maximum atomic E-state index is 6.07. The van der Waals surface area contributed by atoms with Gasteiger partial charge in [0.05, 0.1) is 18.1 Å². The van der Waals surface area contributed by atoms with Crippen molar-refractivity contribution >= 4 is 27.6 Å². The van der Waals surface area contributed by atoms with Crippen molar-refractivity contribution in [1.82, 2.24) is 30.0 Å². The van der Waals surface area contributed by atoms with Crippen molar-refractivity contribution in [3.63, 3.8) is 0 Å². The standard InChI is InChI=1S/C25H25N7O2/c1-31-11-13-32(14-12-31)16-8-9-18-19(15-16)28-24(27-18)23-17-5-3-6-20(22(17)29-30-23)34-25-21(33-2)7-4-10-26-25/h3-10,15H,11-14H2,1-2H3,(H,27,28)(H,29,30). The molecule has 172 valence electrons. The van der Waals surface area contributed by atoms with Gasteiger partial charge in [0, 0.05) is 43.4 Å². The number of nitrogens with zero attached hydrogens (tertiary/aromatic N) is 5. The maximum absolute atomic E-state index is 6.07. The second kappa shape index (κ2) is 8.35. The summed E-state index contributed by atoms with van der Waals surface area (Å²) in [5.74, 6) is 2.28. The number of benzene rings is 2. The van der Waals surface area contributed by atoms with Gasteiger partial charge >= 0.3 is 0 Å². The number of H-pyrrole nitrogens is 2. The van der Waals surface area contributed by atoms with Crippen LogP contribution in [0.15, 0.2) is 54.7 Å². The van der Waals surface area contributed by atoms with Gasteiger partial charge < -0.3 is 24.3 Å². The molecule has 9 heteroatoms. The lowest BCUT2D eigenvalue weighted by molar-refractivity contribution is 0.313. The number of likely N-dealkylation sites (N-methyl/N-ethyl adjacent to an activating group) is 1. The van der Waals surface area contributed by atoms with Crippen LogP contribution >= 0.6 is 0 Å². The number of imidazole rings is 1. The summed E-state index contributed by atoms with van der Waals surface area (Å²) in [5, 5.41) is 8.58. The van der Waals surface area contributed by atoms with E-state index in [1.807, 2.05) is 24.3 Å². The van der Waals surface area contributed by atoms with Crippen molar-refractivity contribution in [2.24, 2.45) is 0 Å². The van der Waals surface area contributed by atoms with E-state index < -0.39 is 0 Å². The molecular formula is C25H25N7O2. The molecular weight excluding hydrogens is 430 g/mol. The number of nitrogens with one attached hydrogen (secondary N) is 2. The van der Waals surface area contributed by atoms with Crippen molar-refractivity contribution in [1.29, 1.82) is 0 Å². The number of aromatic nitrogens is 5. The molecule has 0 radical (unpaired) electrons. The summed E-state index contributed by atoms with van der Waals surface area (Å²) < 4.78 is 11.4. The number of aromatic amines is 2. The van der Waals surface area contributed by atoms with Crippen LogP contribution in [0.2, 0.25) is 0 Å². The predicted octanol–water partition coefficient (Wildman–Crippen LogP) is 4.05. The SMILES string of the molecule is COc1cccnc1Oc1cccc2c(-c3nc4ccc(N5CCN(C)CC5)cc4[nH]3)n[nH]c12. The molecule has 1 saturated heterocycles. The summed E-state index contributed by atoms with van der Waals surface area (Å²) in [6, 6.07) is 15.8. The number of anilines is 1. The highest BCUT2D eigenvalue weighted by atomic mass is 16.5.